The molecule has 0 saturated heterocycles. The highest BCUT2D eigenvalue weighted by Crippen LogP contribution is 2.41. The zero-order valence-electron chi connectivity index (χ0n) is 32.2. The third kappa shape index (κ3) is 6.36. The molecule has 8 aromatic carbocycles. The quantitative estimate of drug-likeness (QED) is 0.152. The SMILES string of the molecule is c1ccc(-c2cc(-c3cc(-c4cccc(-c5c(-c6ccccc6)nc6ccccn56)c4)cc(-c4cc5ccccc5c5ccccc45)c3)cc(-c3ccccc3)n2)cc1. The van der Waals surface area contributed by atoms with Gasteiger partial charge < -0.3 is 0 Å². The number of pyridine rings is 2. The lowest BCUT2D eigenvalue weighted by Crippen LogP contribution is -1.93. The van der Waals surface area contributed by atoms with E-state index in [-0.39, 0.29) is 0 Å². The average Bonchev–Trinajstić information content (AvgIpc) is 3.72. The normalized spacial score (nSPS) is 11.4. The van der Waals surface area contributed by atoms with Crippen molar-refractivity contribution in [3.05, 3.63) is 225 Å². The minimum atomic E-state index is 0.917. The second kappa shape index (κ2) is 14.6. The van der Waals surface area contributed by atoms with Gasteiger partial charge >= 0.3 is 0 Å². The van der Waals surface area contributed by atoms with E-state index in [1.165, 1.54) is 27.1 Å². The van der Waals surface area contributed by atoms with E-state index in [0.29, 0.717) is 0 Å². The maximum Gasteiger partial charge on any atom is 0.137 e. The van der Waals surface area contributed by atoms with E-state index in [4.69, 9.17) is 9.97 Å². The van der Waals surface area contributed by atoms with Crippen LogP contribution in [0.1, 0.15) is 0 Å². The number of benzene rings is 8. The van der Waals surface area contributed by atoms with Crippen LogP contribution in [-0.2, 0) is 0 Å². The molecule has 0 spiro atoms. The van der Waals surface area contributed by atoms with Crippen molar-refractivity contribution in [2.45, 2.75) is 0 Å². The average molecular weight is 752 g/mol. The summed E-state index contributed by atoms with van der Waals surface area (Å²) in [6.45, 7) is 0. The summed E-state index contributed by atoms with van der Waals surface area (Å²) in [5, 5.41) is 4.95. The van der Waals surface area contributed by atoms with Crippen molar-refractivity contribution < 1.29 is 0 Å². The standard InChI is InChI=1S/C56H37N3/c1-4-17-38(18-5-1)52-36-46(37-53(57-52)39-19-6-2-7-20-39)45-32-44(33-47(34-45)51-35-42-23-10-11-26-48(42)49-27-12-13-28-50(49)51)41-24-16-25-43(31-41)56-55(40-21-8-3-9-22-40)58-54-29-14-15-30-59(54)56/h1-37H. The summed E-state index contributed by atoms with van der Waals surface area (Å²) in [6, 6.07) is 78.0. The van der Waals surface area contributed by atoms with Gasteiger partial charge in [-0.15, -0.1) is 0 Å². The molecule has 0 amide bonds. The summed E-state index contributed by atoms with van der Waals surface area (Å²) in [4.78, 5) is 10.4. The first-order valence-electron chi connectivity index (χ1n) is 20.1. The molecular weight excluding hydrogens is 715 g/mol. The molecule has 11 rings (SSSR count). The van der Waals surface area contributed by atoms with Crippen LogP contribution >= 0.6 is 0 Å². The van der Waals surface area contributed by atoms with Crippen molar-refractivity contribution >= 4 is 27.2 Å². The highest BCUT2D eigenvalue weighted by atomic mass is 15.0. The number of hydrogen-bond donors (Lipinski definition) is 0. The van der Waals surface area contributed by atoms with Crippen molar-refractivity contribution in [3.8, 4) is 78.4 Å². The topological polar surface area (TPSA) is 30.2 Å². The molecule has 0 fully saturated rings. The minimum absolute atomic E-state index is 0.917. The van der Waals surface area contributed by atoms with Gasteiger partial charge in [-0.25, -0.2) is 9.97 Å². The smallest absolute Gasteiger partial charge is 0.137 e. The molecule has 276 valence electrons. The lowest BCUT2D eigenvalue weighted by atomic mass is 9.88. The first-order valence-corrected chi connectivity index (χ1v) is 20.1. The second-order valence-electron chi connectivity index (χ2n) is 15.0. The van der Waals surface area contributed by atoms with Crippen molar-refractivity contribution in [1.29, 1.82) is 0 Å². The lowest BCUT2D eigenvalue weighted by molar-refractivity contribution is 1.19. The van der Waals surface area contributed by atoms with Gasteiger partial charge in [-0.3, -0.25) is 4.40 Å². The molecule has 0 bridgehead atoms. The van der Waals surface area contributed by atoms with Crippen LogP contribution in [0.15, 0.2) is 225 Å². The number of aromatic nitrogens is 3. The van der Waals surface area contributed by atoms with Gasteiger partial charge in [0.15, 0.2) is 0 Å². The van der Waals surface area contributed by atoms with E-state index in [2.05, 4.69) is 223 Å². The Kier molecular flexibility index (Phi) is 8.49. The number of hydrogen-bond acceptors (Lipinski definition) is 2. The molecular formula is C56H37N3. The number of imidazole rings is 1. The molecule has 3 heteroatoms. The summed E-state index contributed by atoms with van der Waals surface area (Å²) >= 11 is 0. The molecule has 0 saturated carbocycles. The van der Waals surface area contributed by atoms with Crippen molar-refractivity contribution in [1.82, 2.24) is 14.4 Å². The van der Waals surface area contributed by atoms with Gasteiger partial charge in [0, 0.05) is 28.5 Å². The van der Waals surface area contributed by atoms with Crippen molar-refractivity contribution in [3.63, 3.8) is 0 Å². The van der Waals surface area contributed by atoms with Gasteiger partial charge in [-0.1, -0.05) is 164 Å². The van der Waals surface area contributed by atoms with Crippen LogP contribution in [0.2, 0.25) is 0 Å². The van der Waals surface area contributed by atoms with Gasteiger partial charge in [0.25, 0.3) is 0 Å². The summed E-state index contributed by atoms with van der Waals surface area (Å²) in [5.41, 5.74) is 16.0. The van der Waals surface area contributed by atoms with Crippen LogP contribution < -0.4 is 0 Å². The van der Waals surface area contributed by atoms with E-state index in [1.807, 2.05) is 6.07 Å². The Morgan fingerprint density at radius 1 is 0.305 bits per heavy atom. The molecule has 0 aliphatic carbocycles. The largest absolute Gasteiger partial charge is 0.299 e. The van der Waals surface area contributed by atoms with Crippen LogP contribution in [0.3, 0.4) is 0 Å². The van der Waals surface area contributed by atoms with E-state index < -0.39 is 0 Å². The molecule has 0 aliphatic heterocycles. The van der Waals surface area contributed by atoms with Gasteiger partial charge in [-0.05, 0) is 110 Å². The van der Waals surface area contributed by atoms with Gasteiger partial charge in [0.05, 0.1) is 22.8 Å². The fourth-order valence-electron chi connectivity index (χ4n) is 8.54. The Morgan fingerprint density at radius 2 is 0.814 bits per heavy atom. The summed E-state index contributed by atoms with van der Waals surface area (Å²) < 4.78 is 2.21. The van der Waals surface area contributed by atoms with Crippen LogP contribution in [0.4, 0.5) is 0 Å². The molecule has 0 N–H and O–H groups in total. The Morgan fingerprint density at radius 3 is 1.53 bits per heavy atom. The maximum atomic E-state index is 5.23. The minimum Gasteiger partial charge on any atom is -0.299 e. The van der Waals surface area contributed by atoms with Crippen LogP contribution in [-0.4, -0.2) is 14.4 Å². The lowest BCUT2D eigenvalue weighted by Gasteiger charge is -2.16. The Balaban J connectivity index is 1.16. The van der Waals surface area contributed by atoms with E-state index in [0.717, 1.165) is 78.5 Å². The fraction of sp³-hybridized carbons (Fsp3) is 0. The second-order valence-corrected chi connectivity index (χ2v) is 15.0. The van der Waals surface area contributed by atoms with Gasteiger partial charge in [0.2, 0.25) is 0 Å². The highest BCUT2D eigenvalue weighted by molar-refractivity contribution is 6.14. The zero-order chi connectivity index (χ0) is 39.1. The Labute approximate surface area is 343 Å². The third-order valence-electron chi connectivity index (χ3n) is 11.4. The highest BCUT2D eigenvalue weighted by Gasteiger charge is 2.18. The Bertz CT molecular complexity index is 3250. The summed E-state index contributed by atoms with van der Waals surface area (Å²) in [5.74, 6) is 0. The number of fused-ring (bicyclic) bond motifs is 4. The molecule has 3 nitrogen and oxygen atoms in total. The van der Waals surface area contributed by atoms with Crippen molar-refractivity contribution in [2.24, 2.45) is 0 Å². The summed E-state index contributed by atoms with van der Waals surface area (Å²) in [6.07, 6.45) is 2.11. The number of rotatable bonds is 7. The van der Waals surface area contributed by atoms with E-state index in [1.54, 1.807) is 0 Å². The Hall–Kier alpha value is -7.88. The first kappa shape index (κ1) is 34.4. The van der Waals surface area contributed by atoms with E-state index in [9.17, 15) is 0 Å². The zero-order valence-corrected chi connectivity index (χ0v) is 32.2. The van der Waals surface area contributed by atoms with Crippen LogP contribution in [0.25, 0.3) is 106 Å². The molecule has 0 unspecified atom stereocenters. The molecule has 11 aromatic rings. The van der Waals surface area contributed by atoms with Gasteiger partial charge in [0.1, 0.15) is 5.65 Å². The van der Waals surface area contributed by atoms with Crippen LogP contribution in [0.5, 0.6) is 0 Å². The predicted molar refractivity (Wildman–Crippen MR) is 246 cm³/mol. The first-order chi connectivity index (χ1) is 29.2. The molecule has 3 heterocycles. The van der Waals surface area contributed by atoms with Gasteiger partial charge in [-0.2, -0.15) is 0 Å². The maximum absolute atomic E-state index is 5.23. The molecule has 0 atom stereocenters. The van der Waals surface area contributed by atoms with E-state index >= 15 is 0 Å². The molecule has 0 radical (unpaired) electrons. The monoisotopic (exact) mass is 751 g/mol. The fourth-order valence-corrected chi connectivity index (χ4v) is 8.54. The summed E-state index contributed by atoms with van der Waals surface area (Å²) in [7, 11) is 0. The predicted octanol–water partition coefficient (Wildman–Crippen LogP) is 14.7. The van der Waals surface area contributed by atoms with Crippen LogP contribution in [0, 0.1) is 0 Å². The number of nitrogens with zero attached hydrogens (tertiary/aromatic N) is 3. The molecule has 0 aliphatic rings. The molecule has 3 aromatic heterocycles. The van der Waals surface area contributed by atoms with Crippen molar-refractivity contribution in [2.75, 3.05) is 0 Å². The molecule has 59 heavy (non-hydrogen) atoms. The third-order valence-corrected chi connectivity index (χ3v) is 11.4.